The van der Waals surface area contributed by atoms with Gasteiger partial charge in [0.25, 0.3) is 0 Å². The molecule has 2 heterocycles. The van der Waals surface area contributed by atoms with E-state index in [1.54, 1.807) is 18.5 Å². The number of rotatable bonds is 3. The molecule has 0 unspecified atom stereocenters. The molecule has 0 bridgehead atoms. The molecule has 2 aromatic heterocycles. The summed E-state index contributed by atoms with van der Waals surface area (Å²) >= 11 is 0. The zero-order valence-electron chi connectivity index (χ0n) is 21.5. The third kappa shape index (κ3) is 3.77. The predicted molar refractivity (Wildman–Crippen MR) is 164 cm³/mol. The van der Waals surface area contributed by atoms with E-state index in [-0.39, 0.29) is 0 Å². The Kier molecular flexibility index (Phi) is 5.10. The summed E-state index contributed by atoms with van der Waals surface area (Å²) < 4.78 is 0. The summed E-state index contributed by atoms with van der Waals surface area (Å²) in [5.41, 5.74) is 3.72. The van der Waals surface area contributed by atoms with Crippen LogP contribution in [0.5, 0.6) is 0 Å². The molecule has 40 heavy (non-hydrogen) atoms. The van der Waals surface area contributed by atoms with E-state index in [1.807, 2.05) is 0 Å². The Labute approximate surface area is 230 Å². The number of hydrogen-bond acceptors (Lipinski definition) is 4. The Morgan fingerprint density at radius 2 is 0.800 bits per heavy atom. The van der Waals surface area contributed by atoms with Gasteiger partial charge < -0.3 is 0 Å². The largest absolute Gasteiger partial charge is 0.234 e. The SMILES string of the molecule is c1cnc(-c2nc(-c3ccc4ccc5ccccc5c4c3)cc(-c3ccc4ccc5ccccc5c4c3)n2)nc1. The average molecular weight is 511 g/mol. The van der Waals surface area contributed by atoms with Crippen molar-refractivity contribution < 1.29 is 0 Å². The Hall–Kier alpha value is -5.48. The minimum atomic E-state index is 0.503. The lowest BCUT2D eigenvalue weighted by Crippen LogP contribution is -1.99. The first-order chi connectivity index (χ1) is 19.8. The Bertz CT molecular complexity index is 2080. The lowest BCUT2D eigenvalue weighted by Gasteiger charge is -2.11. The van der Waals surface area contributed by atoms with E-state index < -0.39 is 0 Å². The van der Waals surface area contributed by atoms with Crippen molar-refractivity contribution in [1.29, 1.82) is 0 Å². The van der Waals surface area contributed by atoms with Crippen molar-refractivity contribution in [2.75, 3.05) is 0 Å². The van der Waals surface area contributed by atoms with Crippen LogP contribution in [0.1, 0.15) is 0 Å². The van der Waals surface area contributed by atoms with Crippen molar-refractivity contribution in [3.05, 3.63) is 134 Å². The van der Waals surface area contributed by atoms with Crippen LogP contribution in [-0.4, -0.2) is 19.9 Å². The lowest BCUT2D eigenvalue weighted by atomic mass is 9.97. The highest BCUT2D eigenvalue weighted by atomic mass is 15.0. The van der Waals surface area contributed by atoms with Gasteiger partial charge in [-0.1, -0.05) is 97.1 Å². The van der Waals surface area contributed by atoms with Crippen molar-refractivity contribution in [2.24, 2.45) is 0 Å². The second kappa shape index (κ2) is 9.07. The minimum Gasteiger partial charge on any atom is -0.234 e. The summed E-state index contributed by atoms with van der Waals surface area (Å²) in [5.74, 6) is 1.01. The van der Waals surface area contributed by atoms with Crippen LogP contribution < -0.4 is 0 Å². The maximum Gasteiger partial charge on any atom is 0.198 e. The number of benzene rings is 6. The molecule has 0 saturated heterocycles. The van der Waals surface area contributed by atoms with E-state index in [1.165, 1.54) is 43.1 Å². The molecule has 8 rings (SSSR count). The first-order valence-corrected chi connectivity index (χ1v) is 13.3. The van der Waals surface area contributed by atoms with Gasteiger partial charge in [0.1, 0.15) is 0 Å². The zero-order valence-corrected chi connectivity index (χ0v) is 21.5. The topological polar surface area (TPSA) is 51.6 Å². The maximum atomic E-state index is 4.96. The molecule has 8 aromatic rings. The molecule has 0 aliphatic carbocycles. The van der Waals surface area contributed by atoms with Gasteiger partial charge in [0, 0.05) is 23.5 Å². The van der Waals surface area contributed by atoms with Gasteiger partial charge in [-0.2, -0.15) is 0 Å². The molecule has 4 nitrogen and oxygen atoms in total. The Balaban J connectivity index is 1.36. The summed E-state index contributed by atoms with van der Waals surface area (Å²) in [5, 5.41) is 9.69. The highest BCUT2D eigenvalue weighted by Gasteiger charge is 2.14. The molecule has 0 atom stereocenters. The summed E-state index contributed by atoms with van der Waals surface area (Å²) in [7, 11) is 0. The number of nitrogens with zero attached hydrogens (tertiary/aromatic N) is 4. The molecule has 0 aliphatic rings. The van der Waals surface area contributed by atoms with Crippen molar-refractivity contribution in [3.8, 4) is 34.2 Å². The molecule has 6 aromatic carbocycles. The van der Waals surface area contributed by atoms with Gasteiger partial charge in [-0.15, -0.1) is 0 Å². The van der Waals surface area contributed by atoms with Crippen molar-refractivity contribution in [1.82, 2.24) is 19.9 Å². The van der Waals surface area contributed by atoms with Gasteiger partial charge in [0.15, 0.2) is 11.6 Å². The summed E-state index contributed by atoms with van der Waals surface area (Å²) in [6, 6.07) is 42.6. The van der Waals surface area contributed by atoms with Gasteiger partial charge in [-0.3, -0.25) is 0 Å². The minimum absolute atomic E-state index is 0.503. The summed E-state index contributed by atoms with van der Waals surface area (Å²) in [6.45, 7) is 0. The molecule has 0 aliphatic heterocycles. The Morgan fingerprint density at radius 3 is 1.32 bits per heavy atom. The van der Waals surface area contributed by atoms with Gasteiger partial charge in [0.05, 0.1) is 11.4 Å². The van der Waals surface area contributed by atoms with Crippen molar-refractivity contribution in [2.45, 2.75) is 0 Å². The van der Waals surface area contributed by atoms with E-state index in [2.05, 4.69) is 125 Å². The molecule has 0 amide bonds. The molecule has 4 heteroatoms. The molecule has 0 spiro atoms. The molecule has 0 radical (unpaired) electrons. The third-order valence-electron chi connectivity index (χ3n) is 7.58. The second-order valence-corrected chi connectivity index (χ2v) is 9.98. The first kappa shape index (κ1) is 22.5. The quantitative estimate of drug-likeness (QED) is 0.223. The molecular weight excluding hydrogens is 488 g/mol. The molecule has 0 saturated carbocycles. The van der Waals surface area contributed by atoms with Crippen LogP contribution in [0.4, 0.5) is 0 Å². The fourth-order valence-electron chi connectivity index (χ4n) is 5.58. The van der Waals surface area contributed by atoms with Gasteiger partial charge in [-0.25, -0.2) is 19.9 Å². The lowest BCUT2D eigenvalue weighted by molar-refractivity contribution is 1.08. The fraction of sp³-hybridized carbons (Fsp3) is 0. The number of aromatic nitrogens is 4. The molecule has 0 fully saturated rings. The van der Waals surface area contributed by atoms with Gasteiger partial charge >= 0.3 is 0 Å². The normalized spacial score (nSPS) is 11.5. The van der Waals surface area contributed by atoms with Crippen LogP contribution in [0.15, 0.2) is 134 Å². The van der Waals surface area contributed by atoms with Gasteiger partial charge in [-0.05, 0) is 67.4 Å². The van der Waals surface area contributed by atoms with Crippen LogP contribution in [0.25, 0.3) is 77.3 Å². The number of hydrogen-bond donors (Lipinski definition) is 0. The van der Waals surface area contributed by atoms with E-state index in [0.29, 0.717) is 11.6 Å². The van der Waals surface area contributed by atoms with Crippen LogP contribution in [0, 0.1) is 0 Å². The first-order valence-electron chi connectivity index (χ1n) is 13.3. The van der Waals surface area contributed by atoms with Crippen LogP contribution in [0.2, 0.25) is 0 Å². The number of fused-ring (bicyclic) bond motifs is 6. The molecule has 186 valence electrons. The highest BCUT2D eigenvalue weighted by Crippen LogP contribution is 2.34. The van der Waals surface area contributed by atoms with E-state index in [4.69, 9.17) is 9.97 Å². The summed E-state index contributed by atoms with van der Waals surface area (Å²) in [4.78, 5) is 18.9. The molecule has 0 N–H and O–H groups in total. The average Bonchev–Trinajstić information content (AvgIpc) is 3.04. The van der Waals surface area contributed by atoms with Gasteiger partial charge in [0.2, 0.25) is 0 Å². The fourth-order valence-corrected chi connectivity index (χ4v) is 5.58. The second-order valence-electron chi connectivity index (χ2n) is 9.98. The van der Waals surface area contributed by atoms with Crippen LogP contribution in [-0.2, 0) is 0 Å². The zero-order chi connectivity index (χ0) is 26.5. The van der Waals surface area contributed by atoms with Crippen molar-refractivity contribution in [3.63, 3.8) is 0 Å². The highest BCUT2D eigenvalue weighted by molar-refractivity contribution is 6.09. The standard InChI is InChI=1S/C36H22N4/c1-3-8-29-23(6-1)10-12-25-14-16-27(20-31(25)29)33-22-34(40-36(39-33)35-37-18-5-19-38-35)28-17-15-26-13-11-24-7-2-4-9-30(24)32(26)21-28/h1-22H. The third-order valence-corrected chi connectivity index (χ3v) is 7.58. The smallest absolute Gasteiger partial charge is 0.198 e. The molecular formula is C36H22N4. The summed E-state index contributed by atoms with van der Waals surface area (Å²) in [6.07, 6.45) is 3.45. The van der Waals surface area contributed by atoms with Crippen LogP contribution >= 0.6 is 0 Å². The Morgan fingerprint density at radius 1 is 0.350 bits per heavy atom. The van der Waals surface area contributed by atoms with E-state index >= 15 is 0 Å². The van der Waals surface area contributed by atoms with E-state index in [0.717, 1.165) is 22.5 Å². The van der Waals surface area contributed by atoms with Crippen LogP contribution in [0.3, 0.4) is 0 Å². The monoisotopic (exact) mass is 510 g/mol. The van der Waals surface area contributed by atoms with E-state index in [9.17, 15) is 0 Å². The van der Waals surface area contributed by atoms with Crippen molar-refractivity contribution >= 4 is 43.1 Å². The maximum absolute atomic E-state index is 4.96. The predicted octanol–water partition coefficient (Wildman–Crippen LogP) is 8.88.